The van der Waals surface area contributed by atoms with Gasteiger partial charge < -0.3 is 24.5 Å². The molecule has 2 aromatic carbocycles. The molecule has 2 aromatic heterocycles. The standard InChI is InChI=1S/C26H32N6O4S2/c1-16-13-21-22(14-20(16)18-5-7-19(8-6-18)32-11-9-27-10-12-32)37-26(29-21)24(38(3,4,34)35)25(33)28-15-23-31-30-17(2)36-23/h5-8,13-14,24,27H,9-12,15H2,1-4H3,(H,28,33)(H,34,35). The summed E-state index contributed by atoms with van der Waals surface area (Å²) in [6, 6.07) is 12.5. The van der Waals surface area contributed by atoms with Crippen LogP contribution < -0.4 is 15.5 Å². The highest BCUT2D eigenvalue weighted by molar-refractivity contribution is 8.14. The molecule has 0 aliphatic carbocycles. The van der Waals surface area contributed by atoms with Gasteiger partial charge in [0, 0.05) is 51.3 Å². The minimum absolute atomic E-state index is 0.0445. The van der Waals surface area contributed by atoms with Crippen molar-refractivity contribution in [3.8, 4) is 11.1 Å². The summed E-state index contributed by atoms with van der Waals surface area (Å²) in [7, 11) is -4.39. The van der Waals surface area contributed by atoms with Crippen molar-refractivity contribution in [3.05, 3.63) is 58.8 Å². The second-order valence-corrected chi connectivity index (χ2v) is 15.4. The van der Waals surface area contributed by atoms with Crippen LogP contribution in [0.5, 0.6) is 0 Å². The van der Waals surface area contributed by atoms with Crippen LogP contribution in [0.2, 0.25) is 0 Å². The molecule has 3 N–H and O–H groups in total. The van der Waals surface area contributed by atoms with Crippen LogP contribution in [0.1, 0.15) is 27.6 Å². The van der Waals surface area contributed by atoms with Crippen LogP contribution >= 0.6 is 11.3 Å². The molecule has 0 radical (unpaired) electrons. The number of aryl methyl sites for hydroxylation is 2. The first-order valence-electron chi connectivity index (χ1n) is 12.3. The number of rotatable bonds is 7. The van der Waals surface area contributed by atoms with E-state index in [9.17, 15) is 13.6 Å². The largest absolute Gasteiger partial charge is 0.424 e. The predicted molar refractivity (Wildman–Crippen MR) is 151 cm³/mol. The molecule has 1 saturated heterocycles. The molecule has 1 unspecified atom stereocenters. The van der Waals surface area contributed by atoms with Crippen molar-refractivity contribution in [1.82, 2.24) is 25.8 Å². The van der Waals surface area contributed by atoms with Crippen molar-refractivity contribution in [3.63, 3.8) is 0 Å². The highest BCUT2D eigenvalue weighted by atomic mass is 32.3. The van der Waals surface area contributed by atoms with Crippen molar-refractivity contribution < 1.29 is 18.0 Å². The van der Waals surface area contributed by atoms with Crippen LogP contribution in [0.25, 0.3) is 21.3 Å². The first-order chi connectivity index (χ1) is 17.9. The maximum absolute atomic E-state index is 13.3. The molecule has 1 amide bonds. The fourth-order valence-corrected chi connectivity index (χ4v) is 7.93. The van der Waals surface area contributed by atoms with Crippen LogP contribution in [0.4, 0.5) is 5.69 Å². The quantitative estimate of drug-likeness (QED) is 0.314. The number of nitrogens with zero attached hydrogens (tertiary/aromatic N) is 4. The SMILES string of the molecule is Cc1nnc(CNC(=O)C(c2nc3cc(C)c(-c4ccc(N5CCNCC5)cc4)cc3s2)S(C)(C)(=O)O)o1. The molecule has 4 aromatic rings. The molecule has 3 heterocycles. The summed E-state index contributed by atoms with van der Waals surface area (Å²) in [5.41, 5.74) is 5.06. The fraction of sp³-hybridized carbons (Fsp3) is 0.385. The minimum atomic E-state index is -4.39. The van der Waals surface area contributed by atoms with Gasteiger partial charge in [-0.25, -0.2) is 9.19 Å². The number of piperazine rings is 1. The Morgan fingerprint density at radius 2 is 1.89 bits per heavy atom. The van der Waals surface area contributed by atoms with Crippen molar-refractivity contribution in [2.45, 2.75) is 25.6 Å². The zero-order valence-electron chi connectivity index (χ0n) is 21.9. The Morgan fingerprint density at radius 3 is 2.53 bits per heavy atom. The summed E-state index contributed by atoms with van der Waals surface area (Å²) in [6.45, 7) is 7.56. The number of thiazole rings is 1. The monoisotopic (exact) mass is 556 g/mol. The van der Waals surface area contributed by atoms with E-state index in [0.29, 0.717) is 11.4 Å². The summed E-state index contributed by atoms with van der Waals surface area (Å²) >= 11 is 1.26. The molecule has 202 valence electrons. The molecular formula is C26H32N6O4S2. The van der Waals surface area contributed by atoms with Gasteiger partial charge in [0.1, 0.15) is 5.01 Å². The number of carbonyl (C=O) groups excluding carboxylic acids is 1. The van der Waals surface area contributed by atoms with Crippen molar-refractivity contribution in [2.24, 2.45) is 0 Å². The van der Waals surface area contributed by atoms with E-state index in [1.54, 1.807) is 6.92 Å². The first-order valence-corrected chi connectivity index (χ1v) is 16.0. The number of hydrogen-bond donors (Lipinski definition) is 3. The molecule has 1 fully saturated rings. The van der Waals surface area contributed by atoms with E-state index in [2.05, 4.69) is 55.0 Å². The van der Waals surface area contributed by atoms with Crippen LogP contribution in [-0.4, -0.2) is 68.5 Å². The molecule has 5 rings (SSSR count). The Bertz CT molecular complexity index is 1540. The molecule has 0 bridgehead atoms. The third-order valence-corrected chi connectivity index (χ3v) is 9.54. The van der Waals surface area contributed by atoms with Gasteiger partial charge in [-0.15, -0.1) is 21.5 Å². The van der Waals surface area contributed by atoms with Crippen molar-refractivity contribution in [1.29, 1.82) is 0 Å². The zero-order chi connectivity index (χ0) is 27.1. The third-order valence-electron chi connectivity index (χ3n) is 6.53. The highest BCUT2D eigenvalue weighted by Crippen LogP contribution is 2.40. The van der Waals surface area contributed by atoms with E-state index < -0.39 is 20.5 Å². The number of carbonyl (C=O) groups is 1. The average Bonchev–Trinajstić information content (AvgIpc) is 3.46. The normalized spacial score (nSPS) is 16.2. The van der Waals surface area contributed by atoms with Crippen LogP contribution in [0.3, 0.4) is 0 Å². The molecule has 12 heteroatoms. The van der Waals surface area contributed by atoms with E-state index in [-0.39, 0.29) is 17.4 Å². The van der Waals surface area contributed by atoms with Gasteiger partial charge in [-0.3, -0.25) is 4.79 Å². The van der Waals surface area contributed by atoms with Gasteiger partial charge in [-0.1, -0.05) is 12.1 Å². The lowest BCUT2D eigenvalue weighted by molar-refractivity contribution is -0.121. The van der Waals surface area contributed by atoms with Gasteiger partial charge in [0.2, 0.25) is 17.7 Å². The van der Waals surface area contributed by atoms with E-state index in [4.69, 9.17) is 4.42 Å². The number of aromatic nitrogens is 3. The maximum atomic E-state index is 13.3. The second kappa shape index (κ2) is 9.84. The lowest BCUT2D eigenvalue weighted by Gasteiger charge is -2.39. The van der Waals surface area contributed by atoms with E-state index in [0.717, 1.165) is 47.6 Å². The lowest BCUT2D eigenvalue weighted by atomic mass is 10.00. The molecule has 1 atom stereocenters. The number of amides is 1. The predicted octanol–water partition coefficient (Wildman–Crippen LogP) is 3.28. The summed E-state index contributed by atoms with van der Waals surface area (Å²) in [5, 5.41) is 12.6. The Hall–Kier alpha value is -3.19. The molecular weight excluding hydrogens is 524 g/mol. The molecule has 1 aliphatic rings. The van der Waals surface area contributed by atoms with Gasteiger partial charge >= 0.3 is 0 Å². The maximum Gasteiger partial charge on any atom is 0.249 e. The summed E-state index contributed by atoms with van der Waals surface area (Å²) in [5.74, 6) is -0.0302. The minimum Gasteiger partial charge on any atom is -0.424 e. The van der Waals surface area contributed by atoms with E-state index in [1.807, 2.05) is 19.1 Å². The molecule has 38 heavy (non-hydrogen) atoms. The third kappa shape index (κ3) is 5.63. The molecule has 0 spiro atoms. The second-order valence-electron chi connectivity index (χ2n) is 10.1. The van der Waals surface area contributed by atoms with E-state index >= 15 is 0 Å². The summed E-state index contributed by atoms with van der Waals surface area (Å²) in [4.78, 5) is 20.2. The van der Waals surface area contributed by atoms with Crippen molar-refractivity contribution in [2.75, 3.05) is 43.6 Å². The van der Waals surface area contributed by atoms with Gasteiger partial charge in [0.05, 0.1) is 16.8 Å². The molecule has 0 saturated carbocycles. The Labute approximate surface area is 225 Å². The number of hydrogen-bond acceptors (Lipinski definition) is 9. The lowest BCUT2D eigenvalue weighted by Crippen LogP contribution is -2.44. The molecule has 10 nitrogen and oxygen atoms in total. The van der Waals surface area contributed by atoms with E-state index in [1.165, 1.54) is 29.5 Å². The number of anilines is 1. The van der Waals surface area contributed by atoms with Gasteiger partial charge in [0.25, 0.3) is 0 Å². The zero-order valence-corrected chi connectivity index (χ0v) is 23.5. The summed E-state index contributed by atoms with van der Waals surface area (Å²) < 4.78 is 30.4. The van der Waals surface area contributed by atoms with Gasteiger partial charge in [-0.05, 0) is 47.9 Å². The number of benzene rings is 2. The van der Waals surface area contributed by atoms with Crippen LogP contribution in [0, 0.1) is 13.8 Å². The first kappa shape index (κ1) is 26.4. The summed E-state index contributed by atoms with van der Waals surface area (Å²) in [6.07, 6.45) is 2.39. The van der Waals surface area contributed by atoms with Gasteiger partial charge in [-0.2, -0.15) is 9.35 Å². The van der Waals surface area contributed by atoms with Crippen molar-refractivity contribution >= 4 is 42.5 Å². The Morgan fingerprint density at radius 1 is 1.18 bits per heavy atom. The Kier molecular flexibility index (Phi) is 6.84. The highest BCUT2D eigenvalue weighted by Gasteiger charge is 2.39. The van der Waals surface area contributed by atoms with Crippen LogP contribution in [0.15, 0.2) is 40.8 Å². The topological polar surface area (TPSA) is 133 Å². The molecule has 1 aliphatic heterocycles. The average molecular weight is 557 g/mol. The Balaban J connectivity index is 1.44. The number of nitrogens with one attached hydrogen (secondary N) is 2. The van der Waals surface area contributed by atoms with Crippen LogP contribution in [-0.2, 0) is 20.7 Å². The fourth-order valence-electron chi connectivity index (χ4n) is 4.66. The van der Waals surface area contributed by atoms with Gasteiger partial charge in [0.15, 0.2) is 5.25 Å². The smallest absolute Gasteiger partial charge is 0.249 e. The number of fused-ring (bicyclic) bond motifs is 1.